The van der Waals surface area contributed by atoms with Crippen LogP contribution < -0.4 is 15.0 Å². The summed E-state index contributed by atoms with van der Waals surface area (Å²) in [7, 11) is -3.55. The molecule has 1 aliphatic carbocycles. The highest BCUT2D eigenvalue weighted by Crippen LogP contribution is 2.48. The maximum atomic E-state index is 13.3. The summed E-state index contributed by atoms with van der Waals surface area (Å²) in [6, 6.07) is 18.0. The van der Waals surface area contributed by atoms with Crippen LogP contribution in [0, 0.1) is 6.92 Å². The van der Waals surface area contributed by atoms with Gasteiger partial charge in [0.05, 0.1) is 30.2 Å². The number of hydrogen-bond acceptors (Lipinski definition) is 10. The number of para-hydroxylation sites is 1. The Bertz CT molecular complexity index is 1660. The van der Waals surface area contributed by atoms with Crippen molar-refractivity contribution in [1.82, 2.24) is 15.0 Å². The lowest BCUT2D eigenvalue weighted by Crippen LogP contribution is -2.44. The Morgan fingerprint density at radius 2 is 1.88 bits per heavy atom. The van der Waals surface area contributed by atoms with E-state index < -0.39 is 21.2 Å². The van der Waals surface area contributed by atoms with Crippen molar-refractivity contribution in [3.8, 4) is 17.1 Å². The zero-order chi connectivity index (χ0) is 28.6. The molecule has 1 N–H and O–H groups in total. The first-order valence-corrected chi connectivity index (χ1v) is 15.7. The van der Waals surface area contributed by atoms with Gasteiger partial charge in [-0.2, -0.15) is 0 Å². The first-order chi connectivity index (χ1) is 19.8. The first-order valence-electron chi connectivity index (χ1n) is 13.3. The lowest BCUT2D eigenvalue weighted by Gasteiger charge is -2.34. The number of carbonyl (C=O) groups excluding carboxylic acids is 1. The Morgan fingerprint density at radius 1 is 1.10 bits per heavy atom. The number of rotatable bonds is 7. The highest BCUT2D eigenvalue weighted by Gasteiger charge is 2.51. The molecule has 0 spiro atoms. The van der Waals surface area contributed by atoms with Gasteiger partial charge in [0.15, 0.2) is 5.82 Å². The molecule has 2 aromatic heterocycles. The van der Waals surface area contributed by atoms with Gasteiger partial charge in [0, 0.05) is 40.9 Å². The Labute approximate surface area is 242 Å². The van der Waals surface area contributed by atoms with Crippen molar-refractivity contribution in [1.29, 1.82) is 0 Å². The smallest absolute Gasteiger partial charge is 0.410 e. The predicted octanol–water partition coefficient (Wildman–Crippen LogP) is 5.07. The van der Waals surface area contributed by atoms with Crippen LogP contribution in [-0.2, 0) is 14.6 Å². The van der Waals surface area contributed by atoms with Crippen LogP contribution in [-0.4, -0.2) is 60.5 Å². The molecule has 212 valence electrons. The van der Waals surface area contributed by atoms with Gasteiger partial charge in [-0.15, -0.1) is 11.3 Å². The Morgan fingerprint density at radius 3 is 2.59 bits per heavy atom. The van der Waals surface area contributed by atoms with Gasteiger partial charge in [-0.05, 0) is 56.7 Å². The Balaban J connectivity index is 1.26. The summed E-state index contributed by atoms with van der Waals surface area (Å²) in [6.07, 6.45) is -0.107. The van der Waals surface area contributed by atoms with Crippen LogP contribution >= 0.6 is 11.3 Å². The van der Waals surface area contributed by atoms with Crippen molar-refractivity contribution in [3.63, 3.8) is 0 Å². The van der Waals surface area contributed by atoms with Crippen molar-refractivity contribution < 1.29 is 22.7 Å². The SMILES string of the molecule is Cc1csc(S(=O)(=O)C2CC2c2cc(N3CCOC[C@@H]3C)nc(-c3ccc(NC(=O)Oc4ccccc4)cc3)n2)n1. The summed E-state index contributed by atoms with van der Waals surface area (Å²) in [5.41, 5.74) is 2.69. The lowest BCUT2D eigenvalue weighted by molar-refractivity contribution is 0.0985. The largest absolute Gasteiger partial charge is 0.417 e. The van der Waals surface area contributed by atoms with E-state index in [0.717, 1.165) is 22.7 Å². The molecular formula is C29H29N5O5S2. The average molecular weight is 592 g/mol. The summed E-state index contributed by atoms with van der Waals surface area (Å²) in [6.45, 7) is 5.71. The molecule has 10 nitrogen and oxygen atoms in total. The lowest BCUT2D eigenvalue weighted by atomic mass is 10.1. The number of aryl methyl sites for hydroxylation is 1. The standard InChI is InChI=1S/C29H29N5O5S2/c1-18-17-40-29(30-18)41(36,37)25-14-23(25)24-15-26(34-12-13-38-16-19(34)2)33-27(32-24)20-8-10-21(11-9-20)31-28(35)39-22-6-4-3-5-7-22/h3-11,15,17,19,23,25H,12-14,16H2,1-2H3,(H,31,35)/t19-,23?,25?/m0/s1. The number of amides is 1. The maximum Gasteiger partial charge on any atom is 0.417 e. The fourth-order valence-corrected chi connectivity index (χ4v) is 7.98. The number of aromatic nitrogens is 3. The summed E-state index contributed by atoms with van der Waals surface area (Å²) in [5, 5.41) is 3.91. The number of benzene rings is 2. The molecule has 1 amide bonds. The number of nitrogens with zero attached hydrogens (tertiary/aromatic N) is 4. The number of nitrogens with one attached hydrogen (secondary N) is 1. The van der Waals surface area contributed by atoms with E-state index in [1.807, 2.05) is 24.3 Å². The number of hydrogen-bond donors (Lipinski definition) is 1. The van der Waals surface area contributed by atoms with Crippen LogP contribution in [0.25, 0.3) is 11.4 Å². The molecule has 1 saturated heterocycles. The molecule has 1 saturated carbocycles. The van der Waals surface area contributed by atoms with Crippen molar-refractivity contribution in [2.45, 2.75) is 41.8 Å². The maximum absolute atomic E-state index is 13.3. The summed E-state index contributed by atoms with van der Waals surface area (Å²) >= 11 is 1.16. The minimum atomic E-state index is -3.55. The molecule has 2 aromatic carbocycles. The molecular weight excluding hydrogens is 562 g/mol. The third-order valence-corrected chi connectivity index (χ3v) is 10.7. The molecule has 6 rings (SSSR count). The second-order valence-electron chi connectivity index (χ2n) is 10.2. The average Bonchev–Trinajstić information content (AvgIpc) is 3.67. The van der Waals surface area contributed by atoms with Crippen molar-refractivity contribution in [2.24, 2.45) is 0 Å². The molecule has 1 aliphatic heterocycles. The Kier molecular flexibility index (Phi) is 7.45. The first kappa shape index (κ1) is 27.3. The fourth-order valence-electron chi connectivity index (χ4n) is 4.85. The Hall–Kier alpha value is -3.87. The highest BCUT2D eigenvalue weighted by atomic mass is 32.2. The van der Waals surface area contributed by atoms with E-state index in [0.29, 0.717) is 54.8 Å². The molecule has 2 fully saturated rings. The zero-order valence-electron chi connectivity index (χ0n) is 22.6. The van der Waals surface area contributed by atoms with E-state index in [1.54, 1.807) is 48.7 Å². The van der Waals surface area contributed by atoms with E-state index in [4.69, 9.17) is 19.4 Å². The molecule has 12 heteroatoms. The van der Waals surface area contributed by atoms with Gasteiger partial charge >= 0.3 is 6.09 Å². The van der Waals surface area contributed by atoms with Gasteiger partial charge in [-0.25, -0.2) is 28.2 Å². The van der Waals surface area contributed by atoms with E-state index in [1.165, 1.54) is 0 Å². The third kappa shape index (κ3) is 5.95. The van der Waals surface area contributed by atoms with E-state index in [9.17, 15) is 13.2 Å². The van der Waals surface area contributed by atoms with Gasteiger partial charge in [0.1, 0.15) is 11.6 Å². The second-order valence-corrected chi connectivity index (χ2v) is 13.4. The molecule has 0 bridgehead atoms. The summed E-state index contributed by atoms with van der Waals surface area (Å²) in [5.74, 6) is 1.43. The predicted molar refractivity (Wildman–Crippen MR) is 156 cm³/mol. The molecule has 0 radical (unpaired) electrons. The normalized spacial score (nSPS) is 20.4. The van der Waals surface area contributed by atoms with E-state index in [-0.39, 0.29) is 16.3 Å². The van der Waals surface area contributed by atoms with E-state index >= 15 is 0 Å². The number of thiazole rings is 1. The van der Waals surface area contributed by atoms with E-state index in [2.05, 4.69) is 22.1 Å². The molecule has 41 heavy (non-hydrogen) atoms. The van der Waals surface area contributed by atoms with Gasteiger partial charge < -0.3 is 14.4 Å². The number of carbonyl (C=O) groups is 1. The van der Waals surface area contributed by atoms with Crippen LogP contribution in [0.3, 0.4) is 0 Å². The quantitative estimate of drug-likeness (QED) is 0.314. The van der Waals surface area contributed by atoms with Crippen LogP contribution in [0.4, 0.5) is 16.3 Å². The van der Waals surface area contributed by atoms with Crippen LogP contribution in [0.1, 0.15) is 30.7 Å². The molecule has 3 atom stereocenters. The van der Waals surface area contributed by atoms with Crippen molar-refractivity contribution >= 4 is 38.8 Å². The fraction of sp³-hybridized carbons (Fsp3) is 0.310. The second kappa shape index (κ2) is 11.2. The number of sulfone groups is 1. The molecule has 3 heterocycles. The number of anilines is 2. The summed E-state index contributed by atoms with van der Waals surface area (Å²) in [4.78, 5) is 28.4. The van der Waals surface area contributed by atoms with Crippen molar-refractivity contribution in [3.05, 3.63) is 77.4 Å². The van der Waals surface area contributed by atoms with Gasteiger partial charge in [0.25, 0.3) is 0 Å². The minimum Gasteiger partial charge on any atom is -0.410 e. The van der Waals surface area contributed by atoms with Crippen LogP contribution in [0.15, 0.2) is 70.4 Å². The van der Waals surface area contributed by atoms with Gasteiger partial charge in [-0.3, -0.25) is 5.32 Å². The zero-order valence-corrected chi connectivity index (χ0v) is 24.2. The number of ether oxygens (including phenoxy) is 2. The van der Waals surface area contributed by atoms with Crippen molar-refractivity contribution in [2.75, 3.05) is 30.0 Å². The van der Waals surface area contributed by atoms with Crippen LogP contribution in [0.5, 0.6) is 5.75 Å². The van der Waals surface area contributed by atoms with Gasteiger partial charge in [-0.1, -0.05) is 18.2 Å². The topological polar surface area (TPSA) is 124 Å². The molecule has 2 unspecified atom stereocenters. The third-order valence-electron chi connectivity index (χ3n) is 7.09. The minimum absolute atomic E-state index is 0.110. The van der Waals surface area contributed by atoms with Crippen LogP contribution in [0.2, 0.25) is 0 Å². The number of morpholine rings is 1. The summed E-state index contributed by atoms with van der Waals surface area (Å²) < 4.78 is 37.6. The van der Waals surface area contributed by atoms with Gasteiger partial charge in [0.2, 0.25) is 14.2 Å². The monoisotopic (exact) mass is 591 g/mol. The molecule has 4 aromatic rings. The molecule has 2 aliphatic rings. The highest BCUT2D eigenvalue weighted by molar-refractivity contribution is 7.94.